The molecule has 0 N–H and O–H groups in total. The summed E-state index contributed by atoms with van der Waals surface area (Å²) in [5.74, 6) is -0.870. The first-order chi connectivity index (χ1) is 10.1. The first kappa shape index (κ1) is 14.0. The Hall–Kier alpha value is -1.94. The molecule has 0 unspecified atom stereocenters. The third kappa shape index (κ3) is 2.51. The summed E-state index contributed by atoms with van der Waals surface area (Å²) in [6.45, 7) is 1.53. The second-order valence-electron chi connectivity index (χ2n) is 5.06. The van der Waals surface area contributed by atoms with Crippen LogP contribution in [0.4, 0.5) is 0 Å². The molecule has 0 amide bonds. The van der Waals surface area contributed by atoms with E-state index in [0.29, 0.717) is 5.56 Å². The third-order valence-electron chi connectivity index (χ3n) is 3.67. The van der Waals surface area contributed by atoms with E-state index in [9.17, 15) is 9.59 Å². The summed E-state index contributed by atoms with van der Waals surface area (Å²) in [5.41, 5.74) is 2.02. The second-order valence-corrected chi connectivity index (χ2v) is 5.97. The zero-order valence-electron chi connectivity index (χ0n) is 11.4. The van der Waals surface area contributed by atoms with Crippen LogP contribution in [0.5, 0.6) is 0 Å². The van der Waals surface area contributed by atoms with Crippen molar-refractivity contribution in [3.63, 3.8) is 0 Å². The lowest BCUT2D eigenvalue weighted by Gasteiger charge is -2.31. The van der Waals surface area contributed by atoms with Crippen molar-refractivity contribution >= 4 is 27.7 Å². The highest BCUT2D eigenvalue weighted by atomic mass is 79.9. The maximum absolute atomic E-state index is 12.2. The molecule has 0 saturated carbocycles. The molecule has 106 valence electrons. The van der Waals surface area contributed by atoms with Crippen molar-refractivity contribution in [1.29, 1.82) is 0 Å². The van der Waals surface area contributed by atoms with Crippen LogP contribution < -0.4 is 0 Å². The molecule has 0 radical (unpaired) electrons. The SMILES string of the molecule is CC(=O)[C@@H]1c2ccc(Br)cc2C(=O)O[C@H]1c1ccccc1. The van der Waals surface area contributed by atoms with Gasteiger partial charge in [0.05, 0.1) is 11.5 Å². The van der Waals surface area contributed by atoms with Crippen molar-refractivity contribution in [2.75, 3.05) is 0 Å². The molecule has 0 bridgehead atoms. The van der Waals surface area contributed by atoms with E-state index in [-0.39, 0.29) is 5.78 Å². The molecule has 1 aliphatic heterocycles. The number of esters is 1. The van der Waals surface area contributed by atoms with Crippen molar-refractivity contribution in [1.82, 2.24) is 0 Å². The Labute approximate surface area is 131 Å². The van der Waals surface area contributed by atoms with Crippen molar-refractivity contribution in [2.24, 2.45) is 0 Å². The van der Waals surface area contributed by atoms with Crippen molar-refractivity contribution in [3.8, 4) is 0 Å². The molecule has 0 spiro atoms. The second kappa shape index (κ2) is 5.45. The Balaban J connectivity index is 2.15. The molecule has 3 nitrogen and oxygen atoms in total. The molecule has 3 rings (SSSR count). The summed E-state index contributed by atoms with van der Waals surface area (Å²) in [5, 5.41) is 0. The van der Waals surface area contributed by atoms with Crippen LogP contribution >= 0.6 is 15.9 Å². The summed E-state index contributed by atoms with van der Waals surface area (Å²) in [6.07, 6.45) is -0.565. The lowest BCUT2D eigenvalue weighted by atomic mass is 9.82. The van der Waals surface area contributed by atoms with E-state index < -0.39 is 18.0 Å². The Morgan fingerprint density at radius 3 is 2.52 bits per heavy atom. The quantitative estimate of drug-likeness (QED) is 0.772. The number of ether oxygens (including phenoxy) is 1. The smallest absolute Gasteiger partial charge is 0.339 e. The van der Waals surface area contributed by atoms with E-state index in [2.05, 4.69) is 15.9 Å². The molecule has 2 aromatic rings. The molecule has 0 aliphatic carbocycles. The molecule has 0 fully saturated rings. The number of benzene rings is 2. The van der Waals surface area contributed by atoms with E-state index in [1.807, 2.05) is 42.5 Å². The number of carbonyl (C=O) groups excluding carboxylic acids is 2. The minimum atomic E-state index is -0.565. The molecular weight excluding hydrogens is 332 g/mol. The zero-order chi connectivity index (χ0) is 15.0. The predicted molar refractivity (Wildman–Crippen MR) is 82.2 cm³/mol. The predicted octanol–water partition coefficient (Wildman–Crippen LogP) is 4.03. The van der Waals surface area contributed by atoms with E-state index in [4.69, 9.17) is 4.74 Å². The summed E-state index contributed by atoms with van der Waals surface area (Å²) in [4.78, 5) is 24.4. The first-order valence-corrected chi connectivity index (χ1v) is 7.43. The molecule has 1 heterocycles. The van der Waals surface area contributed by atoms with Crippen molar-refractivity contribution in [2.45, 2.75) is 18.9 Å². The zero-order valence-corrected chi connectivity index (χ0v) is 13.0. The van der Waals surface area contributed by atoms with Crippen LogP contribution in [0.2, 0.25) is 0 Å². The normalized spacial score (nSPS) is 20.6. The fourth-order valence-electron chi connectivity index (χ4n) is 2.72. The van der Waals surface area contributed by atoms with Gasteiger partial charge in [0.25, 0.3) is 0 Å². The van der Waals surface area contributed by atoms with E-state index in [1.54, 1.807) is 6.07 Å². The number of ketones is 1. The number of carbonyl (C=O) groups is 2. The maximum Gasteiger partial charge on any atom is 0.339 e. The first-order valence-electron chi connectivity index (χ1n) is 6.64. The Bertz CT molecular complexity index is 709. The molecule has 0 saturated heterocycles. The lowest BCUT2D eigenvalue weighted by molar-refractivity contribution is -0.121. The Kier molecular flexibility index (Phi) is 3.64. The van der Waals surface area contributed by atoms with Crippen LogP contribution in [-0.4, -0.2) is 11.8 Å². The number of rotatable bonds is 2. The van der Waals surface area contributed by atoms with Crippen LogP contribution in [0.25, 0.3) is 0 Å². The Morgan fingerprint density at radius 2 is 1.86 bits per heavy atom. The van der Waals surface area contributed by atoms with Gasteiger partial charge in [-0.1, -0.05) is 52.3 Å². The summed E-state index contributed by atoms with van der Waals surface area (Å²) in [7, 11) is 0. The molecular formula is C17H13BrO3. The molecule has 2 aromatic carbocycles. The van der Waals surface area contributed by atoms with Crippen LogP contribution in [0.3, 0.4) is 0 Å². The summed E-state index contributed by atoms with van der Waals surface area (Å²) >= 11 is 3.34. The van der Waals surface area contributed by atoms with E-state index >= 15 is 0 Å². The molecule has 0 aromatic heterocycles. The van der Waals surface area contributed by atoms with Gasteiger partial charge < -0.3 is 4.74 Å². The number of hydrogen-bond donors (Lipinski definition) is 0. The molecule has 21 heavy (non-hydrogen) atoms. The van der Waals surface area contributed by atoms with Crippen LogP contribution in [-0.2, 0) is 9.53 Å². The monoisotopic (exact) mass is 344 g/mol. The van der Waals surface area contributed by atoms with Gasteiger partial charge in [0, 0.05) is 4.47 Å². The average Bonchev–Trinajstić information content (AvgIpc) is 2.48. The number of Topliss-reactive ketones (excluding diaryl/α,β-unsaturated/α-hetero) is 1. The van der Waals surface area contributed by atoms with Gasteiger partial charge in [0.1, 0.15) is 11.9 Å². The van der Waals surface area contributed by atoms with Gasteiger partial charge in [-0.2, -0.15) is 0 Å². The minimum Gasteiger partial charge on any atom is -0.453 e. The minimum absolute atomic E-state index is 0.0140. The molecule has 2 atom stereocenters. The van der Waals surface area contributed by atoms with Gasteiger partial charge in [-0.3, -0.25) is 4.79 Å². The highest BCUT2D eigenvalue weighted by molar-refractivity contribution is 9.10. The molecule has 4 heteroatoms. The molecule has 1 aliphatic rings. The topological polar surface area (TPSA) is 43.4 Å². The average molecular weight is 345 g/mol. The van der Waals surface area contributed by atoms with Gasteiger partial charge >= 0.3 is 5.97 Å². The van der Waals surface area contributed by atoms with Crippen LogP contribution in [0.1, 0.15) is 40.4 Å². The number of cyclic esters (lactones) is 1. The van der Waals surface area contributed by atoms with Gasteiger partial charge in [-0.05, 0) is 30.2 Å². The van der Waals surface area contributed by atoms with Gasteiger partial charge in [0.2, 0.25) is 0 Å². The largest absolute Gasteiger partial charge is 0.453 e. The summed E-state index contributed by atoms with van der Waals surface area (Å²) in [6, 6.07) is 14.7. The maximum atomic E-state index is 12.2. The highest BCUT2D eigenvalue weighted by Crippen LogP contribution is 2.41. The van der Waals surface area contributed by atoms with Gasteiger partial charge in [-0.25, -0.2) is 4.79 Å². The van der Waals surface area contributed by atoms with Gasteiger partial charge in [0.15, 0.2) is 0 Å². The number of hydrogen-bond acceptors (Lipinski definition) is 3. The highest BCUT2D eigenvalue weighted by Gasteiger charge is 2.39. The van der Waals surface area contributed by atoms with Crippen LogP contribution in [0.15, 0.2) is 53.0 Å². The van der Waals surface area contributed by atoms with Crippen LogP contribution in [0, 0.1) is 0 Å². The van der Waals surface area contributed by atoms with Gasteiger partial charge in [-0.15, -0.1) is 0 Å². The van der Waals surface area contributed by atoms with Crippen molar-refractivity contribution < 1.29 is 14.3 Å². The number of fused-ring (bicyclic) bond motifs is 1. The third-order valence-corrected chi connectivity index (χ3v) is 4.17. The lowest BCUT2D eigenvalue weighted by Crippen LogP contribution is -2.30. The Morgan fingerprint density at radius 1 is 1.14 bits per heavy atom. The van der Waals surface area contributed by atoms with E-state index in [1.165, 1.54) is 6.92 Å². The fraction of sp³-hybridized carbons (Fsp3) is 0.176. The standard InChI is InChI=1S/C17H13BrO3/c1-10(19)15-13-8-7-12(18)9-14(13)17(20)21-16(15)11-5-3-2-4-6-11/h2-9,15-16H,1H3/t15-,16+/m1/s1. The number of halogens is 1. The van der Waals surface area contributed by atoms with E-state index in [0.717, 1.165) is 15.6 Å². The fourth-order valence-corrected chi connectivity index (χ4v) is 3.08. The summed E-state index contributed by atoms with van der Waals surface area (Å²) < 4.78 is 6.34. The van der Waals surface area contributed by atoms with Crippen molar-refractivity contribution in [3.05, 3.63) is 69.7 Å².